The van der Waals surface area contributed by atoms with Gasteiger partial charge in [-0.05, 0) is 43.4 Å². The Balaban J connectivity index is 1.60. The molecule has 1 amide bonds. The first-order valence-electron chi connectivity index (χ1n) is 10.4. The summed E-state index contributed by atoms with van der Waals surface area (Å²) >= 11 is 0. The highest BCUT2D eigenvalue weighted by atomic mass is 16.3. The molecule has 0 radical (unpaired) electrons. The lowest BCUT2D eigenvalue weighted by molar-refractivity contribution is -0.179. The number of carbonyl (C=O) groups excluding carboxylic acids is 1. The van der Waals surface area contributed by atoms with Gasteiger partial charge in [-0.25, -0.2) is 5.84 Å². The maximum atomic E-state index is 13.4. The zero-order chi connectivity index (χ0) is 20.6. The molecule has 2 atom stereocenters. The van der Waals surface area contributed by atoms with E-state index in [1.165, 1.54) is 0 Å². The second kappa shape index (κ2) is 7.69. The number of fused-ring (bicyclic) bond motifs is 2. The molecule has 5 rings (SSSR count). The zero-order valence-electron chi connectivity index (χ0n) is 16.9. The van der Waals surface area contributed by atoms with Crippen molar-refractivity contribution in [1.82, 2.24) is 4.90 Å². The molecule has 2 saturated heterocycles. The number of rotatable bonds is 6. The van der Waals surface area contributed by atoms with Crippen LogP contribution in [0.5, 0.6) is 0 Å². The highest BCUT2D eigenvalue weighted by Crippen LogP contribution is 2.47. The number of nitrogens with two attached hydrogens (primary N) is 2. The molecule has 2 aromatic carbocycles. The molecule has 2 unspecified atom stereocenters. The van der Waals surface area contributed by atoms with Crippen molar-refractivity contribution in [3.63, 3.8) is 0 Å². The van der Waals surface area contributed by atoms with E-state index in [-0.39, 0.29) is 30.5 Å². The van der Waals surface area contributed by atoms with Crippen LogP contribution in [-0.2, 0) is 4.79 Å². The number of piperidine rings is 2. The van der Waals surface area contributed by atoms with Gasteiger partial charge in [0, 0.05) is 12.1 Å². The Kier molecular flexibility index (Phi) is 5.23. The third-order valence-corrected chi connectivity index (χ3v) is 6.50. The largest absolute Gasteiger partial charge is 0.397 e. The van der Waals surface area contributed by atoms with Gasteiger partial charge in [-0.1, -0.05) is 49.4 Å². The van der Waals surface area contributed by atoms with Crippen molar-refractivity contribution in [2.24, 2.45) is 5.84 Å². The van der Waals surface area contributed by atoms with Gasteiger partial charge in [0.15, 0.2) is 0 Å². The van der Waals surface area contributed by atoms with E-state index in [4.69, 9.17) is 11.6 Å². The van der Waals surface area contributed by atoms with Crippen molar-refractivity contribution >= 4 is 17.3 Å². The van der Waals surface area contributed by atoms with E-state index in [1.807, 2.05) is 59.5 Å². The van der Waals surface area contributed by atoms with E-state index >= 15 is 0 Å². The summed E-state index contributed by atoms with van der Waals surface area (Å²) in [7, 11) is 0. The number of nitrogen functional groups attached to an aromatic ring is 1. The minimum atomic E-state index is -0.570. The molecule has 154 valence electrons. The lowest BCUT2D eigenvalue weighted by Crippen LogP contribution is -2.67. The van der Waals surface area contributed by atoms with Crippen LogP contribution in [0.25, 0.3) is 0 Å². The van der Waals surface area contributed by atoms with Gasteiger partial charge in [0.2, 0.25) is 5.91 Å². The highest BCUT2D eigenvalue weighted by molar-refractivity contribution is 5.79. The first-order valence-corrected chi connectivity index (χ1v) is 10.4. The smallest absolute Gasteiger partial charge is 0.225 e. The number of hydrogen-bond acceptors (Lipinski definition) is 5. The Hall–Kier alpha value is -2.57. The summed E-state index contributed by atoms with van der Waals surface area (Å²) < 4.78 is 0. The van der Waals surface area contributed by atoms with Crippen molar-refractivity contribution in [1.29, 1.82) is 0 Å². The quantitative estimate of drug-likeness (QED) is 0.398. The third kappa shape index (κ3) is 3.70. The Labute approximate surface area is 172 Å². The zero-order valence-corrected chi connectivity index (χ0v) is 16.9. The highest BCUT2D eigenvalue weighted by Gasteiger charge is 2.54. The number of benzene rings is 2. The molecule has 0 aromatic heterocycles. The normalized spacial score (nSPS) is 26.5. The second-order valence-electron chi connectivity index (χ2n) is 8.45. The summed E-state index contributed by atoms with van der Waals surface area (Å²) in [5.41, 5.74) is 7.84. The number of anilines is 2. The molecule has 2 bridgehead atoms. The molecule has 3 aliphatic rings. The summed E-state index contributed by atoms with van der Waals surface area (Å²) in [5, 5.41) is 12.1. The van der Waals surface area contributed by atoms with Crippen molar-refractivity contribution in [2.45, 2.75) is 62.8 Å². The van der Waals surface area contributed by atoms with Gasteiger partial charge >= 0.3 is 0 Å². The molecule has 6 heteroatoms. The van der Waals surface area contributed by atoms with E-state index < -0.39 is 5.60 Å². The lowest BCUT2D eigenvalue weighted by Gasteiger charge is -2.58. The molecule has 2 heterocycles. The van der Waals surface area contributed by atoms with Crippen molar-refractivity contribution < 1.29 is 9.90 Å². The molecule has 29 heavy (non-hydrogen) atoms. The SMILES string of the molecule is CCC1CC2(O)CC(C2)N1C(=O)CC(c1ccccc1)N(N)c1ccccc1N. The Bertz CT molecular complexity index is 866. The van der Waals surface area contributed by atoms with Gasteiger partial charge in [0.05, 0.1) is 29.4 Å². The topological polar surface area (TPSA) is 95.8 Å². The van der Waals surface area contributed by atoms with E-state index in [1.54, 1.807) is 5.01 Å². The van der Waals surface area contributed by atoms with Gasteiger partial charge < -0.3 is 20.7 Å². The van der Waals surface area contributed by atoms with Crippen LogP contribution in [0.2, 0.25) is 0 Å². The van der Waals surface area contributed by atoms with Crippen molar-refractivity contribution in [3.8, 4) is 0 Å². The van der Waals surface area contributed by atoms with Crippen LogP contribution < -0.4 is 16.6 Å². The Morgan fingerprint density at radius 2 is 1.83 bits per heavy atom. The van der Waals surface area contributed by atoms with Crippen LogP contribution in [0.1, 0.15) is 50.6 Å². The summed E-state index contributed by atoms with van der Waals surface area (Å²) in [6.45, 7) is 2.08. The number of hydrogen-bond donors (Lipinski definition) is 3. The van der Waals surface area contributed by atoms with Crippen molar-refractivity contribution in [2.75, 3.05) is 10.7 Å². The first-order chi connectivity index (χ1) is 13.9. The molecule has 2 aliphatic heterocycles. The minimum absolute atomic E-state index is 0.0856. The summed E-state index contributed by atoms with van der Waals surface area (Å²) in [5.74, 6) is 6.61. The maximum Gasteiger partial charge on any atom is 0.225 e. The summed E-state index contributed by atoms with van der Waals surface area (Å²) in [6, 6.07) is 17.2. The molecule has 1 aliphatic carbocycles. The van der Waals surface area contributed by atoms with Gasteiger partial charge in [0.25, 0.3) is 0 Å². The number of hydrazine groups is 1. The molecule has 0 spiro atoms. The number of para-hydroxylation sites is 2. The minimum Gasteiger partial charge on any atom is -0.397 e. The van der Waals surface area contributed by atoms with Gasteiger partial charge in [-0.3, -0.25) is 4.79 Å². The van der Waals surface area contributed by atoms with E-state index in [9.17, 15) is 9.90 Å². The number of amides is 1. The molecular weight excluding hydrogens is 364 g/mol. The number of nitrogens with zero attached hydrogens (tertiary/aromatic N) is 2. The molecule has 1 saturated carbocycles. The van der Waals surface area contributed by atoms with Crippen LogP contribution >= 0.6 is 0 Å². The Morgan fingerprint density at radius 3 is 2.48 bits per heavy atom. The fraction of sp³-hybridized carbons (Fsp3) is 0.435. The van der Waals surface area contributed by atoms with E-state index in [2.05, 4.69) is 6.92 Å². The molecule has 2 aromatic rings. The lowest BCUT2D eigenvalue weighted by atomic mass is 9.66. The number of carbonyl (C=O) groups is 1. The summed E-state index contributed by atoms with van der Waals surface area (Å²) in [4.78, 5) is 15.5. The fourth-order valence-electron chi connectivity index (χ4n) is 4.98. The monoisotopic (exact) mass is 394 g/mol. The number of aliphatic hydroxyl groups is 1. The van der Waals surface area contributed by atoms with Crippen LogP contribution in [-0.4, -0.2) is 33.6 Å². The predicted molar refractivity (Wildman–Crippen MR) is 115 cm³/mol. The molecule has 6 nitrogen and oxygen atoms in total. The van der Waals surface area contributed by atoms with Gasteiger partial charge in [0.1, 0.15) is 0 Å². The predicted octanol–water partition coefficient (Wildman–Crippen LogP) is 2.98. The second-order valence-corrected chi connectivity index (χ2v) is 8.45. The average molecular weight is 395 g/mol. The average Bonchev–Trinajstić information content (AvgIpc) is 2.71. The molecular formula is C23H30N4O2. The van der Waals surface area contributed by atoms with E-state index in [0.717, 1.165) is 12.0 Å². The Morgan fingerprint density at radius 1 is 1.17 bits per heavy atom. The van der Waals surface area contributed by atoms with Crippen LogP contribution in [0.4, 0.5) is 11.4 Å². The summed E-state index contributed by atoms with van der Waals surface area (Å²) in [6.07, 6.45) is 3.14. The molecule has 3 fully saturated rings. The van der Waals surface area contributed by atoms with E-state index in [0.29, 0.717) is 30.6 Å². The van der Waals surface area contributed by atoms with Crippen LogP contribution in [0, 0.1) is 0 Å². The maximum absolute atomic E-state index is 13.4. The fourth-order valence-corrected chi connectivity index (χ4v) is 4.98. The first kappa shape index (κ1) is 19.7. The van der Waals surface area contributed by atoms with Crippen molar-refractivity contribution in [3.05, 3.63) is 60.2 Å². The van der Waals surface area contributed by atoms with Crippen LogP contribution in [0.3, 0.4) is 0 Å². The van der Waals surface area contributed by atoms with Gasteiger partial charge in [-0.15, -0.1) is 0 Å². The third-order valence-electron chi connectivity index (χ3n) is 6.50. The van der Waals surface area contributed by atoms with Gasteiger partial charge in [-0.2, -0.15) is 0 Å². The standard InChI is InChI=1S/C23H30N4O2/c1-2-17-13-23(29)14-18(15-23)26(17)22(28)12-21(16-8-4-3-5-9-16)27(25)20-11-7-6-10-19(20)24/h3-11,17-18,21,29H,2,12-15,24-25H2,1H3. The molecule has 5 N–H and O–H groups in total. The van der Waals surface area contributed by atoms with Crippen LogP contribution in [0.15, 0.2) is 54.6 Å².